The maximum absolute atomic E-state index is 11.9. The number of methoxy groups -OCH3 is 1. The van der Waals surface area contributed by atoms with Gasteiger partial charge in [0.1, 0.15) is 11.4 Å². The first kappa shape index (κ1) is 13.1. The molecule has 0 aliphatic heterocycles. The summed E-state index contributed by atoms with van der Waals surface area (Å²) < 4.78 is 4.95. The quantitative estimate of drug-likeness (QED) is 0.775. The lowest BCUT2D eigenvalue weighted by Gasteiger charge is -2.06. The molecule has 0 aromatic carbocycles. The van der Waals surface area contributed by atoms with Crippen molar-refractivity contribution in [2.24, 2.45) is 5.92 Å². The molecule has 1 amide bonds. The molecule has 1 unspecified atom stereocenters. The summed E-state index contributed by atoms with van der Waals surface area (Å²) in [7, 11) is 1.40. The van der Waals surface area contributed by atoms with E-state index in [4.69, 9.17) is 9.84 Å². The highest BCUT2D eigenvalue weighted by Crippen LogP contribution is 2.34. The number of hydrogen-bond acceptors (Lipinski definition) is 4. The second-order valence-electron chi connectivity index (χ2n) is 4.35. The number of ether oxygens (including phenoxy) is 1. The molecule has 100 valence electrons. The molecule has 1 fully saturated rings. The molecule has 2 rings (SSSR count). The van der Waals surface area contributed by atoms with Gasteiger partial charge in [0, 0.05) is 24.6 Å². The highest BCUT2D eigenvalue weighted by molar-refractivity contribution is 5.94. The van der Waals surface area contributed by atoms with Crippen LogP contribution in [0.1, 0.15) is 27.4 Å². The SMILES string of the molecule is C=C1CC1CNC(=O)c1cc(OC)cc(C(=O)O)n1. The van der Waals surface area contributed by atoms with Crippen LogP contribution in [0, 0.1) is 5.92 Å². The van der Waals surface area contributed by atoms with Gasteiger partial charge in [-0.1, -0.05) is 12.2 Å². The van der Waals surface area contributed by atoms with Crippen molar-refractivity contribution in [3.8, 4) is 5.75 Å². The van der Waals surface area contributed by atoms with Crippen molar-refractivity contribution in [1.82, 2.24) is 10.3 Å². The van der Waals surface area contributed by atoms with Crippen molar-refractivity contribution in [3.63, 3.8) is 0 Å². The highest BCUT2D eigenvalue weighted by atomic mass is 16.5. The molecule has 0 bridgehead atoms. The molecule has 6 heteroatoms. The second-order valence-corrected chi connectivity index (χ2v) is 4.35. The van der Waals surface area contributed by atoms with E-state index in [0.29, 0.717) is 12.5 Å². The minimum atomic E-state index is -1.21. The molecule has 1 aliphatic carbocycles. The van der Waals surface area contributed by atoms with Crippen LogP contribution < -0.4 is 10.1 Å². The van der Waals surface area contributed by atoms with E-state index in [1.807, 2.05) is 0 Å². The van der Waals surface area contributed by atoms with Crippen LogP contribution in [0.15, 0.2) is 24.3 Å². The van der Waals surface area contributed by atoms with E-state index in [1.54, 1.807) is 0 Å². The molecule has 1 aromatic rings. The number of amides is 1. The topological polar surface area (TPSA) is 88.5 Å². The zero-order valence-electron chi connectivity index (χ0n) is 10.5. The molecule has 19 heavy (non-hydrogen) atoms. The third kappa shape index (κ3) is 3.09. The molecule has 6 nitrogen and oxygen atoms in total. The number of hydrogen-bond donors (Lipinski definition) is 2. The van der Waals surface area contributed by atoms with Gasteiger partial charge in [-0.3, -0.25) is 4.79 Å². The molecule has 0 saturated heterocycles. The fourth-order valence-electron chi connectivity index (χ4n) is 1.63. The average molecular weight is 262 g/mol. The Hall–Kier alpha value is -2.37. The largest absolute Gasteiger partial charge is 0.497 e. The van der Waals surface area contributed by atoms with Crippen LogP contribution in [-0.4, -0.2) is 35.6 Å². The summed E-state index contributed by atoms with van der Waals surface area (Å²) in [5.41, 5.74) is 0.925. The molecular formula is C13H14N2O4. The van der Waals surface area contributed by atoms with E-state index in [0.717, 1.165) is 12.0 Å². The molecule has 1 atom stereocenters. The van der Waals surface area contributed by atoms with E-state index in [2.05, 4.69) is 16.9 Å². The zero-order valence-corrected chi connectivity index (χ0v) is 10.5. The van der Waals surface area contributed by atoms with Gasteiger partial charge in [-0.15, -0.1) is 0 Å². The summed E-state index contributed by atoms with van der Waals surface area (Å²) in [6, 6.07) is 2.67. The van der Waals surface area contributed by atoms with Gasteiger partial charge >= 0.3 is 5.97 Å². The second kappa shape index (κ2) is 5.09. The Kier molecular flexibility index (Phi) is 3.50. The maximum atomic E-state index is 11.9. The molecule has 1 saturated carbocycles. The van der Waals surface area contributed by atoms with Gasteiger partial charge in [0.25, 0.3) is 5.91 Å². The van der Waals surface area contributed by atoms with Gasteiger partial charge in [-0.2, -0.15) is 0 Å². The Morgan fingerprint density at radius 3 is 2.68 bits per heavy atom. The van der Waals surface area contributed by atoms with Crippen molar-refractivity contribution in [3.05, 3.63) is 35.7 Å². The van der Waals surface area contributed by atoms with E-state index in [9.17, 15) is 9.59 Å². The van der Waals surface area contributed by atoms with Crippen molar-refractivity contribution in [2.75, 3.05) is 13.7 Å². The number of pyridine rings is 1. The van der Waals surface area contributed by atoms with Crippen molar-refractivity contribution >= 4 is 11.9 Å². The minimum Gasteiger partial charge on any atom is -0.497 e. The van der Waals surface area contributed by atoms with Gasteiger partial charge in [0.2, 0.25) is 0 Å². The van der Waals surface area contributed by atoms with Crippen LogP contribution >= 0.6 is 0 Å². The average Bonchev–Trinajstić information content (AvgIpc) is 3.11. The van der Waals surface area contributed by atoms with Crippen molar-refractivity contribution in [1.29, 1.82) is 0 Å². The first-order valence-corrected chi connectivity index (χ1v) is 5.76. The number of aromatic carboxylic acids is 1. The smallest absolute Gasteiger partial charge is 0.354 e. The van der Waals surface area contributed by atoms with E-state index in [-0.39, 0.29) is 17.1 Å². The predicted octanol–water partition coefficient (Wildman–Crippen LogP) is 1.09. The monoisotopic (exact) mass is 262 g/mol. The maximum Gasteiger partial charge on any atom is 0.354 e. The van der Waals surface area contributed by atoms with E-state index >= 15 is 0 Å². The Morgan fingerprint density at radius 2 is 2.16 bits per heavy atom. The first-order valence-electron chi connectivity index (χ1n) is 5.76. The molecule has 1 aromatic heterocycles. The van der Waals surface area contributed by atoms with E-state index < -0.39 is 11.9 Å². The van der Waals surface area contributed by atoms with Gasteiger partial charge in [-0.05, 0) is 6.42 Å². The Balaban J connectivity index is 2.12. The fourth-order valence-corrected chi connectivity index (χ4v) is 1.63. The van der Waals surface area contributed by atoms with Crippen LogP contribution in [0.3, 0.4) is 0 Å². The number of nitrogens with zero attached hydrogens (tertiary/aromatic N) is 1. The summed E-state index contributed by atoms with van der Waals surface area (Å²) in [5.74, 6) is -1.01. The molecule has 2 N–H and O–H groups in total. The number of carbonyl (C=O) groups is 2. The summed E-state index contributed by atoms with van der Waals surface area (Å²) in [5, 5.41) is 11.6. The normalized spacial score (nSPS) is 16.9. The molecular weight excluding hydrogens is 248 g/mol. The van der Waals surface area contributed by atoms with Gasteiger partial charge in [0.15, 0.2) is 5.69 Å². The van der Waals surface area contributed by atoms with Crippen LogP contribution in [0.25, 0.3) is 0 Å². The zero-order chi connectivity index (χ0) is 14.0. The Morgan fingerprint density at radius 1 is 1.53 bits per heavy atom. The van der Waals surface area contributed by atoms with Gasteiger partial charge in [0.05, 0.1) is 7.11 Å². The molecule has 0 spiro atoms. The highest BCUT2D eigenvalue weighted by Gasteiger charge is 2.27. The third-order valence-electron chi connectivity index (χ3n) is 2.92. The van der Waals surface area contributed by atoms with Crippen LogP contribution in [-0.2, 0) is 0 Å². The lowest BCUT2D eigenvalue weighted by atomic mass is 10.2. The van der Waals surface area contributed by atoms with Crippen LogP contribution in [0.5, 0.6) is 5.75 Å². The summed E-state index contributed by atoms with van der Waals surface area (Å²) in [6.45, 7) is 4.30. The van der Waals surface area contributed by atoms with Crippen molar-refractivity contribution in [2.45, 2.75) is 6.42 Å². The van der Waals surface area contributed by atoms with Crippen LogP contribution in [0.4, 0.5) is 0 Å². The van der Waals surface area contributed by atoms with Crippen LogP contribution in [0.2, 0.25) is 0 Å². The summed E-state index contributed by atoms with van der Waals surface area (Å²) in [6.07, 6.45) is 0.923. The number of rotatable bonds is 5. The first-order chi connectivity index (χ1) is 9.01. The Bertz CT molecular complexity index is 554. The van der Waals surface area contributed by atoms with Gasteiger partial charge in [-0.25, -0.2) is 9.78 Å². The summed E-state index contributed by atoms with van der Waals surface area (Å²) in [4.78, 5) is 26.6. The van der Waals surface area contributed by atoms with E-state index in [1.165, 1.54) is 19.2 Å². The lowest BCUT2D eigenvalue weighted by molar-refractivity contribution is 0.0690. The number of carboxylic acids is 1. The number of carboxylic acid groups (broad SMARTS) is 1. The summed E-state index contributed by atoms with van der Waals surface area (Å²) >= 11 is 0. The predicted molar refractivity (Wildman–Crippen MR) is 67.3 cm³/mol. The standard InChI is InChI=1S/C13H14N2O4/c1-7-3-8(7)6-14-12(16)10-4-9(19-2)5-11(15-10)13(17)18/h4-5,8H,1,3,6H2,2H3,(H,14,16)(H,17,18). The fraction of sp³-hybridized carbons (Fsp3) is 0.308. The Labute approximate surface area is 110 Å². The minimum absolute atomic E-state index is 0.0306. The molecule has 1 aliphatic rings. The number of nitrogens with one attached hydrogen (secondary N) is 1. The van der Waals surface area contributed by atoms with Gasteiger partial charge < -0.3 is 15.2 Å². The molecule has 1 heterocycles. The lowest BCUT2D eigenvalue weighted by Crippen LogP contribution is -2.27. The molecule has 0 radical (unpaired) electrons. The number of aromatic nitrogens is 1. The number of carbonyl (C=O) groups excluding carboxylic acids is 1. The third-order valence-corrected chi connectivity index (χ3v) is 2.92. The van der Waals surface area contributed by atoms with Crippen molar-refractivity contribution < 1.29 is 19.4 Å².